The van der Waals surface area contributed by atoms with Crippen LogP contribution in [0.1, 0.15) is 63.0 Å². The number of halogens is 3. The van der Waals surface area contributed by atoms with Crippen LogP contribution < -0.4 is 4.90 Å². The van der Waals surface area contributed by atoms with Gasteiger partial charge in [0, 0.05) is 12.2 Å². The van der Waals surface area contributed by atoms with Crippen molar-refractivity contribution in [1.82, 2.24) is 4.90 Å². The van der Waals surface area contributed by atoms with Gasteiger partial charge < -0.3 is 4.90 Å². The maximum absolute atomic E-state index is 13.3. The highest BCUT2D eigenvalue weighted by atomic mass is 19.4. The molecule has 0 aromatic heterocycles. The summed E-state index contributed by atoms with van der Waals surface area (Å²) in [6.45, 7) is 2.74. The number of benzene rings is 1. The molecule has 2 amide bonds. The molecule has 0 spiro atoms. The summed E-state index contributed by atoms with van der Waals surface area (Å²) in [6.07, 6.45) is 2.03. The summed E-state index contributed by atoms with van der Waals surface area (Å²) >= 11 is 0. The lowest BCUT2D eigenvalue weighted by Gasteiger charge is -2.32. The normalized spacial score (nSPS) is 22.7. The molecule has 1 aromatic rings. The summed E-state index contributed by atoms with van der Waals surface area (Å²) in [5, 5.41) is 9.00. The number of hydrogen-bond acceptors (Lipinski definition) is 2. The minimum absolute atomic E-state index is 0.0630. The smallest absolute Gasteiger partial charge is 0.319 e. The fourth-order valence-electron chi connectivity index (χ4n) is 4.29. The van der Waals surface area contributed by atoms with Gasteiger partial charge in [-0.05, 0) is 37.5 Å². The van der Waals surface area contributed by atoms with E-state index in [1.807, 2.05) is 4.90 Å². The first-order chi connectivity index (χ1) is 12.9. The number of anilines is 1. The molecule has 1 heterocycles. The van der Waals surface area contributed by atoms with Crippen LogP contribution in [0, 0.1) is 11.3 Å². The summed E-state index contributed by atoms with van der Waals surface area (Å²) in [6, 6.07) is 4.95. The van der Waals surface area contributed by atoms with Crippen molar-refractivity contribution in [1.29, 1.82) is 5.26 Å². The largest absolute Gasteiger partial charge is 0.417 e. The third-order valence-corrected chi connectivity index (χ3v) is 5.59. The number of urea groups is 1. The van der Waals surface area contributed by atoms with Crippen LogP contribution in [0.25, 0.3) is 0 Å². The number of amides is 2. The number of carbonyl (C=O) groups is 1. The molecule has 0 unspecified atom stereocenters. The van der Waals surface area contributed by atoms with E-state index in [1.54, 1.807) is 6.07 Å². The number of carbonyl (C=O) groups excluding carboxylic acids is 1. The number of rotatable bonds is 5. The van der Waals surface area contributed by atoms with Gasteiger partial charge in [0.15, 0.2) is 0 Å². The number of hydrogen-bond donors (Lipinski definition) is 0. The SMILES string of the molecule is CCCCCN1C(=O)N(c2ccc(C#N)c(C(F)(F)F)c2)[C@@H]2CCCC[C@H]21. The minimum atomic E-state index is -4.63. The van der Waals surface area contributed by atoms with Crippen LogP contribution in [-0.2, 0) is 6.18 Å². The van der Waals surface area contributed by atoms with Gasteiger partial charge in [-0.2, -0.15) is 18.4 Å². The van der Waals surface area contributed by atoms with Crippen molar-refractivity contribution in [2.75, 3.05) is 11.4 Å². The van der Waals surface area contributed by atoms with E-state index in [2.05, 4.69) is 6.92 Å². The molecule has 1 saturated heterocycles. The average Bonchev–Trinajstić information content (AvgIpc) is 2.92. The van der Waals surface area contributed by atoms with Crippen LogP contribution in [0.3, 0.4) is 0 Å². The summed E-state index contributed by atoms with van der Waals surface area (Å²) < 4.78 is 40.0. The maximum Gasteiger partial charge on any atom is 0.417 e. The Morgan fingerprint density at radius 2 is 1.89 bits per heavy atom. The Morgan fingerprint density at radius 1 is 1.19 bits per heavy atom. The number of nitriles is 1. The summed E-state index contributed by atoms with van der Waals surface area (Å²) in [7, 11) is 0. The molecule has 1 aliphatic heterocycles. The van der Waals surface area contributed by atoms with Gasteiger partial charge >= 0.3 is 12.2 Å². The van der Waals surface area contributed by atoms with E-state index in [0.717, 1.165) is 51.0 Å². The van der Waals surface area contributed by atoms with Gasteiger partial charge in [0.05, 0.1) is 29.3 Å². The molecule has 146 valence electrons. The van der Waals surface area contributed by atoms with Crippen molar-refractivity contribution in [3.8, 4) is 6.07 Å². The Morgan fingerprint density at radius 3 is 2.52 bits per heavy atom. The van der Waals surface area contributed by atoms with Crippen LogP contribution in [0.5, 0.6) is 0 Å². The number of nitrogens with zero attached hydrogens (tertiary/aromatic N) is 3. The zero-order chi connectivity index (χ0) is 19.6. The fraction of sp³-hybridized carbons (Fsp3) is 0.600. The van der Waals surface area contributed by atoms with E-state index in [1.165, 1.54) is 17.0 Å². The van der Waals surface area contributed by atoms with E-state index < -0.39 is 17.3 Å². The van der Waals surface area contributed by atoms with Crippen molar-refractivity contribution >= 4 is 11.7 Å². The predicted molar refractivity (Wildman–Crippen MR) is 96.3 cm³/mol. The summed E-state index contributed by atoms with van der Waals surface area (Å²) in [5.41, 5.74) is -1.16. The standard InChI is InChI=1S/C20H24F3N3O/c1-2-3-6-11-25-17-7-4-5-8-18(17)26(19(25)27)15-10-9-14(13-24)16(12-15)20(21,22)23/h9-10,12,17-18H,2-8,11H2,1H3/t17-,18-/m1/s1. The minimum Gasteiger partial charge on any atom is -0.319 e. The highest BCUT2D eigenvalue weighted by Gasteiger charge is 2.47. The topological polar surface area (TPSA) is 47.3 Å². The van der Waals surface area contributed by atoms with Gasteiger partial charge in [0.25, 0.3) is 0 Å². The zero-order valence-electron chi connectivity index (χ0n) is 15.4. The van der Waals surface area contributed by atoms with E-state index in [4.69, 9.17) is 5.26 Å². The lowest BCUT2D eigenvalue weighted by atomic mass is 9.89. The monoisotopic (exact) mass is 379 g/mol. The molecule has 0 N–H and O–H groups in total. The second-order valence-electron chi connectivity index (χ2n) is 7.31. The molecule has 3 rings (SSSR count). The predicted octanol–water partition coefficient (Wildman–Crippen LogP) is 5.32. The zero-order valence-corrected chi connectivity index (χ0v) is 15.4. The van der Waals surface area contributed by atoms with Gasteiger partial charge in [-0.3, -0.25) is 4.90 Å². The van der Waals surface area contributed by atoms with Crippen LogP contribution in [0.15, 0.2) is 18.2 Å². The quantitative estimate of drug-likeness (QED) is 0.650. The van der Waals surface area contributed by atoms with Crippen molar-refractivity contribution in [3.63, 3.8) is 0 Å². The molecular weight excluding hydrogens is 355 g/mol. The molecule has 1 aliphatic carbocycles. The fourth-order valence-corrected chi connectivity index (χ4v) is 4.29. The van der Waals surface area contributed by atoms with Crippen LogP contribution in [0.4, 0.5) is 23.7 Å². The molecule has 2 atom stereocenters. The van der Waals surface area contributed by atoms with E-state index >= 15 is 0 Å². The van der Waals surface area contributed by atoms with Crippen molar-refractivity contribution in [2.24, 2.45) is 0 Å². The molecule has 1 saturated carbocycles. The maximum atomic E-state index is 13.3. The average molecular weight is 379 g/mol. The van der Waals surface area contributed by atoms with Crippen molar-refractivity contribution < 1.29 is 18.0 Å². The first-order valence-corrected chi connectivity index (χ1v) is 9.59. The van der Waals surface area contributed by atoms with Gasteiger partial charge in [-0.25, -0.2) is 4.79 Å². The van der Waals surface area contributed by atoms with E-state index in [0.29, 0.717) is 6.54 Å². The number of fused-ring (bicyclic) bond motifs is 1. The Hall–Kier alpha value is -2.23. The number of alkyl halides is 3. The first kappa shape index (κ1) is 19.5. The van der Waals surface area contributed by atoms with Gasteiger partial charge in [-0.15, -0.1) is 0 Å². The van der Waals surface area contributed by atoms with Crippen LogP contribution in [-0.4, -0.2) is 29.6 Å². The van der Waals surface area contributed by atoms with Gasteiger partial charge in [0.1, 0.15) is 0 Å². The lowest BCUT2D eigenvalue weighted by molar-refractivity contribution is -0.137. The van der Waals surface area contributed by atoms with E-state index in [9.17, 15) is 18.0 Å². The van der Waals surface area contributed by atoms with Crippen LogP contribution >= 0.6 is 0 Å². The van der Waals surface area contributed by atoms with Gasteiger partial charge in [-0.1, -0.05) is 32.6 Å². The van der Waals surface area contributed by atoms with Crippen molar-refractivity contribution in [3.05, 3.63) is 29.3 Å². The molecule has 0 bridgehead atoms. The van der Waals surface area contributed by atoms with Crippen molar-refractivity contribution in [2.45, 2.75) is 70.1 Å². The third-order valence-electron chi connectivity index (χ3n) is 5.59. The highest BCUT2D eigenvalue weighted by Crippen LogP contribution is 2.40. The summed E-state index contributed by atoms with van der Waals surface area (Å²) in [5.74, 6) is 0. The molecule has 2 aliphatic rings. The van der Waals surface area contributed by atoms with Crippen LogP contribution in [0.2, 0.25) is 0 Å². The Balaban J connectivity index is 1.95. The molecule has 4 nitrogen and oxygen atoms in total. The molecule has 1 aromatic carbocycles. The summed E-state index contributed by atoms with van der Waals surface area (Å²) in [4.78, 5) is 16.5. The molecule has 27 heavy (non-hydrogen) atoms. The molecule has 0 radical (unpaired) electrons. The Labute approximate surface area is 157 Å². The molecule has 7 heteroatoms. The Bertz CT molecular complexity index is 741. The third kappa shape index (κ3) is 3.76. The number of unbranched alkanes of at least 4 members (excludes halogenated alkanes) is 2. The molecule has 2 fully saturated rings. The first-order valence-electron chi connectivity index (χ1n) is 9.59. The lowest BCUT2D eigenvalue weighted by Crippen LogP contribution is -2.40. The second kappa shape index (κ2) is 7.79. The highest BCUT2D eigenvalue weighted by molar-refractivity contribution is 5.96. The Kier molecular flexibility index (Phi) is 5.64. The second-order valence-corrected chi connectivity index (χ2v) is 7.31. The van der Waals surface area contributed by atoms with E-state index in [-0.39, 0.29) is 23.8 Å². The molecular formula is C20H24F3N3O. The van der Waals surface area contributed by atoms with Gasteiger partial charge in [0.2, 0.25) is 0 Å².